The standard InChI is InChI=1S/C20H26N2O5S/c1-5-22(6-2)28(24,25)17-9-7-8-16(13-17)21-20(23)14-27-18-11-10-15(3)12-19(18)26-4/h7-13H,5-6,14H2,1-4H3,(H,21,23). The highest BCUT2D eigenvalue weighted by molar-refractivity contribution is 7.89. The highest BCUT2D eigenvalue weighted by Crippen LogP contribution is 2.27. The Morgan fingerprint density at radius 1 is 1.07 bits per heavy atom. The van der Waals surface area contributed by atoms with Gasteiger partial charge in [0.15, 0.2) is 18.1 Å². The van der Waals surface area contributed by atoms with Gasteiger partial charge in [0, 0.05) is 18.8 Å². The first-order valence-corrected chi connectivity index (χ1v) is 10.4. The first kappa shape index (κ1) is 21.7. The van der Waals surface area contributed by atoms with Crippen LogP contribution in [0.15, 0.2) is 47.4 Å². The van der Waals surface area contributed by atoms with Crippen LogP contribution in [0.4, 0.5) is 5.69 Å². The van der Waals surface area contributed by atoms with Crippen LogP contribution in [-0.2, 0) is 14.8 Å². The van der Waals surface area contributed by atoms with Crippen LogP contribution < -0.4 is 14.8 Å². The Balaban J connectivity index is 2.07. The minimum Gasteiger partial charge on any atom is -0.493 e. The van der Waals surface area contributed by atoms with Gasteiger partial charge in [0.05, 0.1) is 12.0 Å². The van der Waals surface area contributed by atoms with Gasteiger partial charge in [0.2, 0.25) is 10.0 Å². The molecule has 0 aromatic heterocycles. The first-order chi connectivity index (χ1) is 13.3. The number of methoxy groups -OCH3 is 1. The monoisotopic (exact) mass is 406 g/mol. The lowest BCUT2D eigenvalue weighted by Crippen LogP contribution is -2.30. The van der Waals surface area contributed by atoms with Crippen molar-refractivity contribution in [2.24, 2.45) is 0 Å². The molecule has 0 spiro atoms. The SMILES string of the molecule is CCN(CC)S(=O)(=O)c1cccc(NC(=O)COc2ccc(C)cc2OC)c1. The zero-order chi connectivity index (χ0) is 20.7. The van der Waals surface area contributed by atoms with Crippen LogP contribution in [0.3, 0.4) is 0 Å². The van der Waals surface area contributed by atoms with Crippen molar-refractivity contribution in [2.45, 2.75) is 25.7 Å². The molecule has 0 radical (unpaired) electrons. The van der Waals surface area contributed by atoms with E-state index < -0.39 is 15.9 Å². The van der Waals surface area contributed by atoms with Gasteiger partial charge in [0.1, 0.15) is 0 Å². The largest absolute Gasteiger partial charge is 0.493 e. The molecule has 0 aliphatic carbocycles. The topological polar surface area (TPSA) is 84.9 Å². The number of ether oxygens (including phenoxy) is 2. The van der Waals surface area contributed by atoms with E-state index in [1.54, 1.807) is 32.0 Å². The molecule has 0 heterocycles. The lowest BCUT2D eigenvalue weighted by Gasteiger charge is -2.19. The molecule has 2 aromatic rings. The molecular weight excluding hydrogens is 380 g/mol. The molecule has 0 saturated heterocycles. The average Bonchev–Trinajstić information content (AvgIpc) is 2.67. The van der Waals surface area contributed by atoms with Gasteiger partial charge in [-0.15, -0.1) is 0 Å². The Morgan fingerprint density at radius 2 is 1.79 bits per heavy atom. The number of hydrogen-bond acceptors (Lipinski definition) is 5. The fourth-order valence-corrected chi connectivity index (χ4v) is 4.19. The summed E-state index contributed by atoms with van der Waals surface area (Å²) in [5, 5.41) is 2.66. The average molecular weight is 407 g/mol. The van der Waals surface area contributed by atoms with Crippen LogP contribution >= 0.6 is 0 Å². The van der Waals surface area contributed by atoms with Gasteiger partial charge in [-0.2, -0.15) is 4.31 Å². The van der Waals surface area contributed by atoms with Crippen molar-refractivity contribution >= 4 is 21.6 Å². The predicted octanol–water partition coefficient (Wildman–Crippen LogP) is 3.05. The molecule has 1 N–H and O–H groups in total. The first-order valence-electron chi connectivity index (χ1n) is 8.99. The number of anilines is 1. The van der Waals surface area contributed by atoms with Crippen molar-refractivity contribution in [1.29, 1.82) is 0 Å². The molecule has 2 rings (SSSR count). The molecule has 0 unspecified atom stereocenters. The summed E-state index contributed by atoms with van der Waals surface area (Å²) in [5.74, 6) is 0.598. The van der Waals surface area contributed by atoms with Crippen molar-refractivity contribution in [3.05, 3.63) is 48.0 Å². The molecule has 0 atom stereocenters. The van der Waals surface area contributed by atoms with Gasteiger partial charge in [-0.1, -0.05) is 26.0 Å². The van der Waals surface area contributed by atoms with Crippen molar-refractivity contribution < 1.29 is 22.7 Å². The van der Waals surface area contributed by atoms with Gasteiger partial charge in [-0.05, 0) is 42.8 Å². The number of carbonyl (C=O) groups is 1. The number of sulfonamides is 1. The van der Waals surface area contributed by atoms with E-state index >= 15 is 0 Å². The number of aryl methyl sites for hydroxylation is 1. The third kappa shape index (κ3) is 5.24. The number of nitrogens with zero attached hydrogens (tertiary/aromatic N) is 1. The lowest BCUT2D eigenvalue weighted by molar-refractivity contribution is -0.118. The summed E-state index contributed by atoms with van der Waals surface area (Å²) in [6.07, 6.45) is 0. The Morgan fingerprint density at radius 3 is 2.43 bits per heavy atom. The summed E-state index contributed by atoms with van der Waals surface area (Å²) in [7, 11) is -2.06. The molecule has 0 aliphatic heterocycles. The van der Waals surface area contributed by atoms with Gasteiger partial charge >= 0.3 is 0 Å². The number of nitrogens with one attached hydrogen (secondary N) is 1. The zero-order valence-electron chi connectivity index (χ0n) is 16.6. The summed E-state index contributed by atoms with van der Waals surface area (Å²) in [6.45, 7) is 6.01. The second-order valence-electron chi connectivity index (χ2n) is 6.11. The fraction of sp³-hybridized carbons (Fsp3) is 0.350. The molecule has 2 aromatic carbocycles. The minimum atomic E-state index is -3.59. The second kappa shape index (κ2) is 9.57. The molecule has 7 nitrogen and oxygen atoms in total. The van der Waals surface area contributed by atoms with Crippen LogP contribution in [0.5, 0.6) is 11.5 Å². The summed E-state index contributed by atoms with van der Waals surface area (Å²) >= 11 is 0. The minimum absolute atomic E-state index is 0.134. The molecule has 28 heavy (non-hydrogen) atoms. The van der Waals surface area contributed by atoms with E-state index in [0.717, 1.165) is 5.56 Å². The summed E-state index contributed by atoms with van der Waals surface area (Å²) < 4.78 is 37.4. The Hall–Kier alpha value is -2.58. The van der Waals surface area contributed by atoms with Crippen molar-refractivity contribution in [2.75, 3.05) is 32.1 Å². The number of hydrogen-bond donors (Lipinski definition) is 1. The predicted molar refractivity (Wildman–Crippen MR) is 108 cm³/mol. The lowest BCUT2D eigenvalue weighted by atomic mass is 10.2. The maximum Gasteiger partial charge on any atom is 0.262 e. The molecule has 8 heteroatoms. The summed E-state index contributed by atoms with van der Waals surface area (Å²) in [4.78, 5) is 12.4. The van der Waals surface area contributed by atoms with Gasteiger partial charge in [-0.25, -0.2) is 8.42 Å². The molecule has 1 amide bonds. The molecular formula is C20H26N2O5S. The molecule has 0 bridgehead atoms. The summed E-state index contributed by atoms with van der Waals surface area (Å²) in [6, 6.07) is 11.6. The zero-order valence-corrected chi connectivity index (χ0v) is 17.4. The van der Waals surface area contributed by atoms with E-state index in [2.05, 4.69) is 5.32 Å². The Labute approximate surface area is 166 Å². The van der Waals surface area contributed by atoms with Crippen LogP contribution in [0.1, 0.15) is 19.4 Å². The van der Waals surface area contributed by atoms with E-state index in [1.807, 2.05) is 19.1 Å². The third-order valence-corrected chi connectivity index (χ3v) is 6.18. The van der Waals surface area contributed by atoms with E-state index in [0.29, 0.717) is 30.3 Å². The van der Waals surface area contributed by atoms with Crippen LogP contribution in [0, 0.1) is 6.92 Å². The number of carbonyl (C=O) groups excluding carboxylic acids is 1. The van der Waals surface area contributed by atoms with Crippen LogP contribution in [0.2, 0.25) is 0 Å². The molecule has 0 saturated carbocycles. The van der Waals surface area contributed by atoms with Crippen molar-refractivity contribution in [3.63, 3.8) is 0 Å². The normalized spacial score (nSPS) is 11.3. The van der Waals surface area contributed by atoms with E-state index in [4.69, 9.17) is 9.47 Å². The molecule has 152 valence electrons. The number of rotatable bonds is 9. The van der Waals surface area contributed by atoms with E-state index in [-0.39, 0.29) is 11.5 Å². The van der Waals surface area contributed by atoms with Crippen molar-refractivity contribution in [1.82, 2.24) is 4.31 Å². The summed E-state index contributed by atoms with van der Waals surface area (Å²) in [5.41, 5.74) is 1.40. The number of amides is 1. The van der Waals surface area contributed by atoms with E-state index in [9.17, 15) is 13.2 Å². The molecule has 0 aliphatic rings. The second-order valence-corrected chi connectivity index (χ2v) is 8.05. The Bertz CT molecular complexity index is 924. The highest BCUT2D eigenvalue weighted by atomic mass is 32.2. The van der Waals surface area contributed by atoms with Gasteiger partial charge in [0.25, 0.3) is 5.91 Å². The van der Waals surface area contributed by atoms with Crippen LogP contribution in [-0.4, -0.2) is 45.4 Å². The number of benzene rings is 2. The van der Waals surface area contributed by atoms with Crippen molar-refractivity contribution in [3.8, 4) is 11.5 Å². The smallest absolute Gasteiger partial charge is 0.262 e. The highest BCUT2D eigenvalue weighted by Gasteiger charge is 2.21. The van der Waals surface area contributed by atoms with E-state index in [1.165, 1.54) is 23.5 Å². The quantitative estimate of drug-likeness (QED) is 0.692. The molecule has 0 fully saturated rings. The third-order valence-electron chi connectivity index (χ3n) is 4.14. The maximum absolute atomic E-state index is 12.6. The fourth-order valence-electron chi connectivity index (χ4n) is 2.68. The van der Waals surface area contributed by atoms with Gasteiger partial charge in [-0.3, -0.25) is 4.79 Å². The Kier molecular flexibility index (Phi) is 7.42. The van der Waals surface area contributed by atoms with Crippen LogP contribution in [0.25, 0.3) is 0 Å². The van der Waals surface area contributed by atoms with Gasteiger partial charge < -0.3 is 14.8 Å². The maximum atomic E-state index is 12.6.